The maximum Gasteiger partial charge on any atom is 0.274 e. The third kappa shape index (κ3) is 4.16. The summed E-state index contributed by atoms with van der Waals surface area (Å²) >= 11 is 0. The zero-order valence-electron chi connectivity index (χ0n) is 13.9. The maximum atomic E-state index is 12.5. The van der Waals surface area contributed by atoms with Crippen molar-refractivity contribution in [2.24, 2.45) is 0 Å². The monoisotopic (exact) mass is 344 g/mol. The second kappa shape index (κ2) is 7.80. The molecule has 8 heteroatoms. The lowest BCUT2D eigenvalue weighted by atomic mass is 10.2. The summed E-state index contributed by atoms with van der Waals surface area (Å²) in [5.41, 5.74) is 0.725. The molecule has 1 amide bonds. The average molecular weight is 344 g/mol. The highest BCUT2D eigenvalue weighted by molar-refractivity contribution is 6.04. The van der Waals surface area contributed by atoms with Gasteiger partial charge in [-0.15, -0.1) is 0 Å². The molecule has 2 N–H and O–H groups in total. The number of hydrogen-bond donors (Lipinski definition) is 2. The van der Waals surface area contributed by atoms with E-state index >= 15 is 0 Å². The molecule has 0 unspecified atom stereocenters. The summed E-state index contributed by atoms with van der Waals surface area (Å²) in [4.78, 5) is 22.9. The number of morpholine rings is 1. The molecule has 0 saturated carbocycles. The van der Waals surface area contributed by atoms with Gasteiger partial charge in [0.05, 0.1) is 25.5 Å². The van der Waals surface area contributed by atoms with Gasteiger partial charge in [-0.05, 0) is 19.1 Å². The quantitative estimate of drug-likeness (QED) is 0.796. The van der Waals surface area contributed by atoms with E-state index < -0.39 is 0 Å². The molecule has 1 saturated heterocycles. The van der Waals surface area contributed by atoms with Crippen LogP contribution in [0.3, 0.4) is 0 Å². The van der Waals surface area contributed by atoms with Crippen LogP contribution in [-0.2, 0) is 4.74 Å². The Morgan fingerprint density at radius 3 is 2.88 bits per heavy atom. The molecule has 1 aromatic heterocycles. The first-order valence-corrected chi connectivity index (χ1v) is 8.09. The first-order chi connectivity index (χ1) is 12.2. The number of phenolic OH excluding ortho intramolecular Hbond substituents is 1. The summed E-state index contributed by atoms with van der Waals surface area (Å²) in [5.74, 6) is 0.791. The van der Waals surface area contributed by atoms with E-state index in [4.69, 9.17) is 9.47 Å². The third-order valence-electron chi connectivity index (χ3n) is 3.73. The van der Waals surface area contributed by atoms with Crippen LogP contribution in [0.1, 0.15) is 17.4 Å². The molecule has 0 aliphatic carbocycles. The smallest absolute Gasteiger partial charge is 0.274 e. The van der Waals surface area contributed by atoms with Crippen LogP contribution in [0.5, 0.6) is 11.5 Å². The number of nitrogens with zero attached hydrogens (tertiary/aromatic N) is 3. The van der Waals surface area contributed by atoms with Crippen molar-refractivity contribution in [1.29, 1.82) is 0 Å². The van der Waals surface area contributed by atoms with Crippen LogP contribution >= 0.6 is 0 Å². The van der Waals surface area contributed by atoms with Crippen LogP contribution < -0.4 is 15.0 Å². The fourth-order valence-electron chi connectivity index (χ4n) is 2.51. The molecule has 0 bridgehead atoms. The van der Waals surface area contributed by atoms with E-state index in [9.17, 15) is 9.90 Å². The molecule has 3 rings (SSSR count). The minimum absolute atomic E-state index is 0.0677. The fraction of sp³-hybridized carbons (Fsp3) is 0.353. The van der Waals surface area contributed by atoms with Gasteiger partial charge in [-0.2, -0.15) is 0 Å². The third-order valence-corrected chi connectivity index (χ3v) is 3.73. The zero-order chi connectivity index (χ0) is 17.6. The summed E-state index contributed by atoms with van der Waals surface area (Å²) in [6.45, 7) is 4.97. The minimum atomic E-state index is -0.372. The summed E-state index contributed by atoms with van der Waals surface area (Å²) < 4.78 is 10.8. The molecule has 0 atom stereocenters. The fourth-order valence-corrected chi connectivity index (χ4v) is 2.51. The second-order valence-corrected chi connectivity index (χ2v) is 5.43. The van der Waals surface area contributed by atoms with Crippen molar-refractivity contribution in [3.63, 3.8) is 0 Å². The first kappa shape index (κ1) is 17.0. The highest BCUT2D eigenvalue weighted by Crippen LogP contribution is 2.29. The predicted octanol–water partition coefficient (Wildman–Crippen LogP) is 1.67. The Hall–Kier alpha value is -2.87. The topological polar surface area (TPSA) is 96.8 Å². The van der Waals surface area contributed by atoms with Gasteiger partial charge in [0, 0.05) is 25.2 Å². The molecule has 0 radical (unpaired) electrons. The van der Waals surface area contributed by atoms with Gasteiger partial charge in [0.2, 0.25) is 0 Å². The van der Waals surface area contributed by atoms with Crippen LogP contribution in [-0.4, -0.2) is 53.9 Å². The van der Waals surface area contributed by atoms with Crippen LogP contribution in [0.2, 0.25) is 0 Å². The normalized spacial score (nSPS) is 14.2. The van der Waals surface area contributed by atoms with Crippen LogP contribution in [0.15, 0.2) is 30.6 Å². The van der Waals surface area contributed by atoms with Crippen LogP contribution in [0.4, 0.5) is 11.5 Å². The largest absolute Gasteiger partial charge is 0.508 e. The minimum Gasteiger partial charge on any atom is -0.508 e. The van der Waals surface area contributed by atoms with Gasteiger partial charge in [-0.3, -0.25) is 4.79 Å². The Kier molecular flexibility index (Phi) is 5.30. The number of hydrogen-bond acceptors (Lipinski definition) is 7. The van der Waals surface area contributed by atoms with Gasteiger partial charge in [0.15, 0.2) is 0 Å². The summed E-state index contributed by atoms with van der Waals surface area (Å²) in [6, 6.07) is 6.18. The standard InChI is InChI=1S/C17H20N4O4/c1-2-25-15-9-12(22)3-4-13(15)20-17(23)14-10-16(19-11-18-14)21-5-7-24-8-6-21/h3-4,9-11,22H,2,5-8H2,1H3,(H,20,23). The van der Waals surface area contributed by atoms with Gasteiger partial charge in [-0.1, -0.05) is 0 Å². The number of amides is 1. The second-order valence-electron chi connectivity index (χ2n) is 5.43. The molecule has 1 aromatic carbocycles. The Morgan fingerprint density at radius 2 is 2.12 bits per heavy atom. The molecule has 2 heterocycles. The van der Waals surface area contributed by atoms with Gasteiger partial charge < -0.3 is 24.8 Å². The summed E-state index contributed by atoms with van der Waals surface area (Å²) in [7, 11) is 0. The number of ether oxygens (including phenoxy) is 2. The molecule has 25 heavy (non-hydrogen) atoms. The molecule has 132 valence electrons. The zero-order valence-corrected chi connectivity index (χ0v) is 13.9. The highest BCUT2D eigenvalue weighted by atomic mass is 16.5. The van der Waals surface area contributed by atoms with Crippen molar-refractivity contribution in [3.8, 4) is 11.5 Å². The molecule has 1 aliphatic rings. The Balaban J connectivity index is 1.77. The molecule has 8 nitrogen and oxygen atoms in total. The number of phenols is 1. The van der Waals surface area contributed by atoms with Gasteiger partial charge in [0.1, 0.15) is 29.3 Å². The van der Waals surface area contributed by atoms with Crippen molar-refractivity contribution < 1.29 is 19.4 Å². The number of rotatable bonds is 5. The van der Waals surface area contributed by atoms with Crippen molar-refractivity contribution in [3.05, 3.63) is 36.3 Å². The number of nitrogens with one attached hydrogen (secondary N) is 1. The lowest BCUT2D eigenvalue weighted by Gasteiger charge is -2.27. The maximum absolute atomic E-state index is 12.5. The van der Waals surface area contributed by atoms with Crippen LogP contribution in [0, 0.1) is 0 Å². The Labute approximate surface area is 145 Å². The number of carbonyl (C=O) groups excluding carboxylic acids is 1. The average Bonchev–Trinajstić information content (AvgIpc) is 2.65. The summed E-state index contributed by atoms with van der Waals surface area (Å²) in [5, 5.41) is 12.3. The SMILES string of the molecule is CCOc1cc(O)ccc1NC(=O)c1cc(N2CCOCC2)ncn1. The van der Waals surface area contributed by atoms with Gasteiger partial charge in [0.25, 0.3) is 5.91 Å². The molecule has 1 aliphatic heterocycles. The molecular weight excluding hydrogens is 324 g/mol. The summed E-state index contributed by atoms with van der Waals surface area (Å²) in [6.07, 6.45) is 1.37. The van der Waals surface area contributed by atoms with E-state index in [1.54, 1.807) is 12.1 Å². The van der Waals surface area contributed by atoms with Gasteiger partial charge in [-0.25, -0.2) is 9.97 Å². The Morgan fingerprint density at radius 1 is 1.32 bits per heavy atom. The number of carbonyl (C=O) groups is 1. The van der Waals surface area contributed by atoms with Crippen molar-refractivity contribution >= 4 is 17.4 Å². The highest BCUT2D eigenvalue weighted by Gasteiger charge is 2.17. The molecular formula is C17H20N4O4. The number of aromatic nitrogens is 2. The first-order valence-electron chi connectivity index (χ1n) is 8.09. The lowest BCUT2D eigenvalue weighted by Crippen LogP contribution is -2.37. The number of aromatic hydroxyl groups is 1. The van der Waals surface area contributed by atoms with E-state index in [0.717, 1.165) is 13.1 Å². The number of anilines is 2. The van der Waals surface area contributed by atoms with E-state index in [1.807, 2.05) is 11.8 Å². The van der Waals surface area contributed by atoms with E-state index in [-0.39, 0.29) is 17.4 Å². The van der Waals surface area contributed by atoms with Crippen molar-refractivity contribution in [2.45, 2.75) is 6.92 Å². The van der Waals surface area contributed by atoms with Crippen molar-refractivity contribution in [2.75, 3.05) is 43.1 Å². The van der Waals surface area contributed by atoms with E-state index in [0.29, 0.717) is 37.1 Å². The van der Waals surface area contributed by atoms with Gasteiger partial charge >= 0.3 is 0 Å². The van der Waals surface area contributed by atoms with E-state index in [1.165, 1.54) is 18.5 Å². The molecule has 1 fully saturated rings. The molecule has 2 aromatic rings. The van der Waals surface area contributed by atoms with E-state index in [2.05, 4.69) is 15.3 Å². The lowest BCUT2D eigenvalue weighted by molar-refractivity contribution is 0.102. The predicted molar refractivity (Wildman–Crippen MR) is 92.3 cm³/mol. The van der Waals surface area contributed by atoms with Crippen molar-refractivity contribution in [1.82, 2.24) is 9.97 Å². The molecule has 0 spiro atoms. The Bertz CT molecular complexity index is 747. The van der Waals surface area contributed by atoms with Crippen LogP contribution in [0.25, 0.3) is 0 Å². The number of benzene rings is 1.